The smallest absolute Gasteiger partial charge is 0.316 e. The number of aromatic nitrogens is 3. The number of hydrogen-bond acceptors (Lipinski definition) is 5. The molecule has 6 nitrogen and oxygen atoms in total. The Kier molecular flexibility index (Phi) is 5.63. The minimum Gasteiger partial charge on any atom is -0.460 e. The van der Waals surface area contributed by atoms with Gasteiger partial charge in [0, 0.05) is 22.9 Å². The fourth-order valence-corrected chi connectivity index (χ4v) is 3.10. The lowest BCUT2D eigenvalue weighted by Crippen LogP contribution is -2.39. The topological polar surface area (TPSA) is 77.0 Å². The zero-order valence-electron chi connectivity index (χ0n) is 12.8. The van der Waals surface area contributed by atoms with Gasteiger partial charge in [0.05, 0.1) is 23.0 Å². The number of rotatable bonds is 4. The van der Waals surface area contributed by atoms with E-state index in [0.29, 0.717) is 16.6 Å². The van der Waals surface area contributed by atoms with Gasteiger partial charge in [-0.25, -0.2) is 9.97 Å². The van der Waals surface area contributed by atoms with Crippen molar-refractivity contribution >= 4 is 33.4 Å². The summed E-state index contributed by atoms with van der Waals surface area (Å²) in [6.07, 6.45) is 9.69. The summed E-state index contributed by atoms with van der Waals surface area (Å²) in [5.41, 5.74) is 0.553. The highest BCUT2D eigenvalue weighted by Gasteiger charge is 2.24. The molecule has 1 fully saturated rings. The molecule has 2 aromatic rings. The molecule has 1 aliphatic carbocycles. The number of pyridine rings is 1. The largest absolute Gasteiger partial charge is 0.460 e. The number of amides is 1. The second-order valence-corrected chi connectivity index (χ2v) is 6.99. The minimum atomic E-state index is -0.103. The molecule has 2 aromatic heterocycles. The molecule has 0 saturated heterocycles. The van der Waals surface area contributed by atoms with Crippen LogP contribution in [-0.4, -0.2) is 33.0 Å². The average Bonchev–Trinajstić information content (AvgIpc) is 2.59. The van der Waals surface area contributed by atoms with Gasteiger partial charge in [-0.1, -0.05) is 11.6 Å². The normalized spacial score (nSPS) is 20.4. The SMILES string of the molecule is O=C(NC1CCC(Oc2ncc(Cl)cn2)CC1)c1cncc(Br)c1. The highest BCUT2D eigenvalue weighted by molar-refractivity contribution is 9.10. The van der Waals surface area contributed by atoms with E-state index in [2.05, 4.69) is 36.2 Å². The van der Waals surface area contributed by atoms with Crippen molar-refractivity contribution < 1.29 is 9.53 Å². The molecule has 126 valence electrons. The molecule has 1 saturated carbocycles. The lowest BCUT2D eigenvalue weighted by atomic mass is 9.93. The molecule has 0 radical (unpaired) electrons. The van der Waals surface area contributed by atoms with Crippen molar-refractivity contribution in [3.8, 4) is 6.01 Å². The highest BCUT2D eigenvalue weighted by atomic mass is 79.9. The number of hydrogen-bond donors (Lipinski definition) is 1. The number of carbonyl (C=O) groups is 1. The fraction of sp³-hybridized carbons (Fsp3) is 0.375. The molecule has 0 bridgehead atoms. The van der Waals surface area contributed by atoms with Gasteiger partial charge in [0.25, 0.3) is 5.91 Å². The summed E-state index contributed by atoms with van der Waals surface area (Å²) >= 11 is 9.07. The van der Waals surface area contributed by atoms with Crippen molar-refractivity contribution in [3.63, 3.8) is 0 Å². The Morgan fingerprint density at radius 1 is 1.17 bits per heavy atom. The molecular weight excluding hydrogens is 396 g/mol. The Morgan fingerprint density at radius 3 is 2.54 bits per heavy atom. The summed E-state index contributed by atoms with van der Waals surface area (Å²) in [4.78, 5) is 24.3. The molecule has 24 heavy (non-hydrogen) atoms. The van der Waals surface area contributed by atoms with Crippen LogP contribution in [0, 0.1) is 0 Å². The molecule has 1 N–H and O–H groups in total. The summed E-state index contributed by atoms with van der Waals surface area (Å²) < 4.78 is 6.54. The number of halogens is 2. The van der Waals surface area contributed by atoms with Gasteiger partial charge >= 0.3 is 6.01 Å². The Balaban J connectivity index is 1.48. The van der Waals surface area contributed by atoms with Crippen LogP contribution in [0.2, 0.25) is 5.02 Å². The summed E-state index contributed by atoms with van der Waals surface area (Å²) in [5, 5.41) is 3.53. The van der Waals surface area contributed by atoms with Gasteiger partial charge in [-0.2, -0.15) is 0 Å². The highest BCUT2D eigenvalue weighted by Crippen LogP contribution is 2.23. The number of nitrogens with one attached hydrogen (secondary N) is 1. The first-order valence-corrected chi connectivity index (χ1v) is 8.83. The summed E-state index contributed by atoms with van der Waals surface area (Å²) in [6, 6.07) is 2.24. The van der Waals surface area contributed by atoms with Gasteiger partial charge in [-0.15, -0.1) is 0 Å². The van der Waals surface area contributed by atoms with E-state index in [0.717, 1.165) is 30.2 Å². The van der Waals surface area contributed by atoms with Crippen molar-refractivity contribution in [2.45, 2.75) is 37.8 Å². The maximum Gasteiger partial charge on any atom is 0.316 e. The van der Waals surface area contributed by atoms with Gasteiger partial charge in [-0.3, -0.25) is 9.78 Å². The van der Waals surface area contributed by atoms with Crippen LogP contribution in [0.15, 0.2) is 35.3 Å². The Hall–Kier alpha value is -1.73. The molecule has 0 aliphatic heterocycles. The average molecular weight is 412 g/mol. The third-order valence-corrected chi connectivity index (χ3v) is 4.47. The van der Waals surface area contributed by atoms with Crippen LogP contribution in [0.1, 0.15) is 36.0 Å². The van der Waals surface area contributed by atoms with Gasteiger partial charge in [0.15, 0.2) is 0 Å². The molecule has 0 atom stereocenters. The molecule has 0 aromatic carbocycles. The Bertz CT molecular complexity index is 705. The molecule has 1 amide bonds. The van der Waals surface area contributed by atoms with Gasteiger partial charge in [-0.05, 0) is 47.7 Å². The van der Waals surface area contributed by atoms with Crippen LogP contribution in [0.25, 0.3) is 0 Å². The third-order valence-electron chi connectivity index (χ3n) is 3.85. The first kappa shape index (κ1) is 17.1. The third kappa shape index (κ3) is 4.64. The molecule has 1 aliphatic rings. The summed E-state index contributed by atoms with van der Waals surface area (Å²) in [7, 11) is 0. The predicted molar refractivity (Wildman–Crippen MR) is 93.1 cm³/mol. The second-order valence-electron chi connectivity index (χ2n) is 5.64. The number of carbonyl (C=O) groups excluding carboxylic acids is 1. The van der Waals surface area contributed by atoms with E-state index in [1.165, 1.54) is 12.4 Å². The van der Waals surface area contributed by atoms with Crippen molar-refractivity contribution in [2.24, 2.45) is 0 Å². The van der Waals surface area contributed by atoms with Gasteiger partial charge in [0.2, 0.25) is 0 Å². The van der Waals surface area contributed by atoms with Gasteiger partial charge < -0.3 is 10.1 Å². The number of ether oxygens (including phenoxy) is 1. The maximum absolute atomic E-state index is 12.2. The molecular formula is C16H16BrClN4O2. The van der Waals surface area contributed by atoms with E-state index in [1.54, 1.807) is 18.5 Å². The first-order chi connectivity index (χ1) is 11.6. The maximum atomic E-state index is 12.2. The van der Waals surface area contributed by atoms with E-state index in [9.17, 15) is 4.79 Å². The van der Waals surface area contributed by atoms with Crippen LogP contribution in [0.4, 0.5) is 0 Å². The lowest BCUT2D eigenvalue weighted by molar-refractivity contribution is 0.0884. The number of nitrogens with zero attached hydrogens (tertiary/aromatic N) is 3. The van der Waals surface area contributed by atoms with E-state index >= 15 is 0 Å². The van der Waals surface area contributed by atoms with Crippen molar-refractivity contribution in [3.05, 3.63) is 45.9 Å². The van der Waals surface area contributed by atoms with Crippen molar-refractivity contribution in [1.82, 2.24) is 20.3 Å². The first-order valence-electron chi connectivity index (χ1n) is 7.66. The van der Waals surface area contributed by atoms with E-state index in [1.807, 2.05) is 0 Å². The minimum absolute atomic E-state index is 0.0619. The standard InChI is InChI=1S/C16H16BrClN4O2/c17-11-5-10(6-19-7-11)15(23)22-13-1-3-14(4-2-13)24-16-20-8-12(18)9-21-16/h5-9,13-14H,1-4H2,(H,22,23). The molecule has 0 spiro atoms. The predicted octanol–water partition coefficient (Wildman–Crippen LogP) is 3.41. The zero-order valence-corrected chi connectivity index (χ0v) is 15.1. The Labute approximate surface area is 153 Å². The lowest BCUT2D eigenvalue weighted by Gasteiger charge is -2.28. The van der Waals surface area contributed by atoms with Crippen LogP contribution in [0.5, 0.6) is 6.01 Å². The van der Waals surface area contributed by atoms with E-state index in [-0.39, 0.29) is 18.1 Å². The van der Waals surface area contributed by atoms with Crippen LogP contribution >= 0.6 is 27.5 Å². The van der Waals surface area contributed by atoms with Crippen LogP contribution in [0.3, 0.4) is 0 Å². The molecule has 3 rings (SSSR count). The summed E-state index contributed by atoms with van der Waals surface area (Å²) in [6.45, 7) is 0. The second kappa shape index (κ2) is 7.90. The van der Waals surface area contributed by atoms with Crippen LogP contribution < -0.4 is 10.1 Å². The molecule has 0 unspecified atom stereocenters. The van der Waals surface area contributed by atoms with E-state index < -0.39 is 0 Å². The Morgan fingerprint density at radius 2 is 1.88 bits per heavy atom. The van der Waals surface area contributed by atoms with Gasteiger partial charge in [0.1, 0.15) is 6.10 Å². The van der Waals surface area contributed by atoms with Crippen molar-refractivity contribution in [2.75, 3.05) is 0 Å². The fourth-order valence-electron chi connectivity index (χ4n) is 2.64. The van der Waals surface area contributed by atoms with Crippen LogP contribution in [-0.2, 0) is 0 Å². The summed E-state index contributed by atoms with van der Waals surface area (Å²) in [5.74, 6) is -0.103. The van der Waals surface area contributed by atoms with E-state index in [4.69, 9.17) is 16.3 Å². The molecule has 8 heteroatoms. The quantitative estimate of drug-likeness (QED) is 0.834. The molecule has 2 heterocycles. The van der Waals surface area contributed by atoms with Crippen molar-refractivity contribution in [1.29, 1.82) is 0 Å². The zero-order chi connectivity index (χ0) is 16.9. The monoisotopic (exact) mass is 410 g/mol.